The van der Waals surface area contributed by atoms with Crippen LogP contribution in [0.25, 0.3) is 10.6 Å². The number of aromatic amines is 1. The van der Waals surface area contributed by atoms with Gasteiger partial charge in [0.25, 0.3) is 0 Å². The Kier molecular flexibility index (Phi) is 4.50. The molecule has 0 aliphatic carbocycles. The summed E-state index contributed by atoms with van der Waals surface area (Å²) in [5, 5.41) is 9.78. The molecule has 1 atom stereocenters. The summed E-state index contributed by atoms with van der Waals surface area (Å²) in [6.07, 6.45) is 0.444. The van der Waals surface area contributed by atoms with Crippen molar-refractivity contribution in [2.45, 2.75) is 38.1 Å². The van der Waals surface area contributed by atoms with Crippen molar-refractivity contribution in [1.82, 2.24) is 19.8 Å². The first kappa shape index (κ1) is 17.1. The predicted molar refractivity (Wildman–Crippen MR) is 92.4 cm³/mol. The van der Waals surface area contributed by atoms with Crippen LogP contribution in [0.3, 0.4) is 0 Å². The van der Waals surface area contributed by atoms with Gasteiger partial charge in [0.1, 0.15) is 11.7 Å². The predicted octanol–water partition coefficient (Wildman–Crippen LogP) is 1.65. The van der Waals surface area contributed by atoms with E-state index in [1.807, 2.05) is 19.9 Å². The number of aryl methyl sites for hydroxylation is 2. The second kappa shape index (κ2) is 6.30. The first-order valence-corrected chi connectivity index (χ1v) is 10.0. The Hall–Kier alpha value is -1.71. The van der Waals surface area contributed by atoms with Crippen molar-refractivity contribution >= 4 is 27.3 Å². The molecule has 3 rings (SSSR count). The lowest BCUT2D eigenvalue weighted by atomic mass is 10.2. The minimum atomic E-state index is -3.72. The SMILES string of the molecule is CCC1C(=O)NCCN1S(=O)(=O)c1cc(-c2cc(C)[nH]n2)sc1C. The number of sulfonamides is 1. The molecule has 7 nitrogen and oxygen atoms in total. The summed E-state index contributed by atoms with van der Waals surface area (Å²) in [7, 11) is -3.72. The first-order chi connectivity index (χ1) is 11.3. The summed E-state index contributed by atoms with van der Waals surface area (Å²) in [5.41, 5.74) is 1.64. The lowest BCUT2D eigenvalue weighted by Crippen LogP contribution is -2.56. The summed E-state index contributed by atoms with van der Waals surface area (Å²) in [6.45, 7) is 6.12. The van der Waals surface area contributed by atoms with Crippen molar-refractivity contribution < 1.29 is 13.2 Å². The van der Waals surface area contributed by atoms with Crippen LogP contribution in [-0.4, -0.2) is 48.0 Å². The topological polar surface area (TPSA) is 95.2 Å². The maximum Gasteiger partial charge on any atom is 0.244 e. The van der Waals surface area contributed by atoms with Crippen LogP contribution in [0.5, 0.6) is 0 Å². The molecule has 3 heterocycles. The number of H-pyrrole nitrogens is 1. The number of hydrogen-bond acceptors (Lipinski definition) is 5. The Labute approximate surface area is 145 Å². The van der Waals surface area contributed by atoms with Gasteiger partial charge in [0.2, 0.25) is 15.9 Å². The van der Waals surface area contributed by atoms with E-state index >= 15 is 0 Å². The van der Waals surface area contributed by atoms with Crippen LogP contribution in [0, 0.1) is 13.8 Å². The van der Waals surface area contributed by atoms with Gasteiger partial charge in [-0.05, 0) is 32.4 Å². The van der Waals surface area contributed by atoms with Gasteiger partial charge in [-0.15, -0.1) is 11.3 Å². The van der Waals surface area contributed by atoms with Gasteiger partial charge < -0.3 is 5.32 Å². The van der Waals surface area contributed by atoms with Gasteiger partial charge in [-0.3, -0.25) is 9.89 Å². The van der Waals surface area contributed by atoms with Crippen LogP contribution in [0.15, 0.2) is 17.0 Å². The van der Waals surface area contributed by atoms with Gasteiger partial charge in [0.05, 0.1) is 9.77 Å². The maximum absolute atomic E-state index is 13.1. The molecule has 0 spiro atoms. The third-order valence-corrected chi connectivity index (χ3v) is 7.32. The number of piperazine rings is 1. The number of carbonyl (C=O) groups is 1. The van der Waals surface area contributed by atoms with E-state index in [-0.39, 0.29) is 10.8 Å². The van der Waals surface area contributed by atoms with E-state index < -0.39 is 16.1 Å². The number of thiophene rings is 1. The quantitative estimate of drug-likeness (QED) is 0.858. The number of nitrogens with zero attached hydrogens (tertiary/aromatic N) is 2. The maximum atomic E-state index is 13.1. The molecule has 0 aromatic carbocycles. The molecule has 130 valence electrons. The van der Waals surface area contributed by atoms with E-state index in [1.54, 1.807) is 13.0 Å². The summed E-state index contributed by atoms with van der Waals surface area (Å²) in [6, 6.07) is 2.88. The third-order valence-electron chi connectivity index (χ3n) is 4.09. The van der Waals surface area contributed by atoms with Crippen molar-refractivity contribution in [3.63, 3.8) is 0 Å². The molecule has 0 radical (unpaired) electrons. The van der Waals surface area contributed by atoms with Gasteiger partial charge in [0, 0.05) is 23.7 Å². The zero-order valence-electron chi connectivity index (χ0n) is 13.8. The fourth-order valence-electron chi connectivity index (χ4n) is 2.89. The van der Waals surface area contributed by atoms with Gasteiger partial charge in [0.15, 0.2) is 0 Å². The molecule has 9 heteroatoms. The number of carbonyl (C=O) groups excluding carboxylic acids is 1. The third kappa shape index (κ3) is 2.87. The smallest absolute Gasteiger partial charge is 0.244 e. The normalized spacial score (nSPS) is 19.5. The molecule has 1 aliphatic heterocycles. The fraction of sp³-hybridized carbons (Fsp3) is 0.467. The molecule has 1 aliphatic rings. The minimum absolute atomic E-state index is 0.233. The highest BCUT2D eigenvalue weighted by molar-refractivity contribution is 7.89. The average molecular weight is 368 g/mol. The van der Waals surface area contributed by atoms with E-state index in [9.17, 15) is 13.2 Å². The second-order valence-electron chi connectivity index (χ2n) is 5.80. The zero-order valence-corrected chi connectivity index (χ0v) is 15.4. The summed E-state index contributed by atoms with van der Waals surface area (Å²) in [4.78, 5) is 13.8. The Balaban J connectivity index is 2.01. The second-order valence-corrected chi connectivity index (χ2v) is 8.91. The van der Waals surface area contributed by atoms with Gasteiger partial charge in [-0.25, -0.2) is 8.42 Å². The first-order valence-electron chi connectivity index (χ1n) is 7.77. The van der Waals surface area contributed by atoms with Crippen LogP contribution < -0.4 is 5.32 Å². The summed E-state index contributed by atoms with van der Waals surface area (Å²) >= 11 is 1.39. The van der Waals surface area contributed by atoms with E-state index in [4.69, 9.17) is 0 Å². The van der Waals surface area contributed by atoms with Crippen molar-refractivity contribution in [3.05, 3.63) is 22.7 Å². The van der Waals surface area contributed by atoms with Crippen molar-refractivity contribution in [1.29, 1.82) is 0 Å². The van der Waals surface area contributed by atoms with Gasteiger partial charge in [-0.2, -0.15) is 9.40 Å². The molecule has 24 heavy (non-hydrogen) atoms. The van der Waals surface area contributed by atoms with E-state index in [1.165, 1.54) is 15.6 Å². The molecule has 1 saturated heterocycles. The largest absolute Gasteiger partial charge is 0.353 e. The molecule has 0 saturated carbocycles. The number of aromatic nitrogens is 2. The summed E-state index contributed by atoms with van der Waals surface area (Å²) < 4.78 is 27.5. The van der Waals surface area contributed by atoms with Gasteiger partial charge >= 0.3 is 0 Å². The molecular formula is C15H20N4O3S2. The Morgan fingerprint density at radius 2 is 2.12 bits per heavy atom. The van der Waals surface area contributed by atoms with E-state index in [2.05, 4.69) is 15.5 Å². The van der Waals surface area contributed by atoms with Crippen molar-refractivity contribution in [3.8, 4) is 10.6 Å². The number of amides is 1. The number of rotatable bonds is 4. The Morgan fingerprint density at radius 1 is 1.38 bits per heavy atom. The number of hydrogen-bond donors (Lipinski definition) is 2. The Bertz CT molecular complexity index is 869. The highest BCUT2D eigenvalue weighted by Crippen LogP contribution is 2.35. The standard InChI is InChI=1S/C15H20N4O3S2/c1-4-12-15(20)16-5-6-19(12)24(21,22)14-8-13(23-10(14)3)11-7-9(2)17-18-11/h7-8,12H,4-6H2,1-3H3,(H,16,20)(H,17,18). The minimum Gasteiger partial charge on any atom is -0.353 e. The molecule has 1 fully saturated rings. The van der Waals surface area contributed by atoms with Crippen LogP contribution in [0.1, 0.15) is 23.9 Å². The highest BCUT2D eigenvalue weighted by atomic mass is 32.2. The molecule has 2 aromatic heterocycles. The average Bonchev–Trinajstić information content (AvgIpc) is 3.13. The summed E-state index contributed by atoms with van der Waals surface area (Å²) in [5.74, 6) is -0.233. The van der Waals surface area contributed by atoms with Crippen molar-refractivity contribution in [2.24, 2.45) is 0 Å². The molecule has 2 N–H and O–H groups in total. The number of nitrogens with one attached hydrogen (secondary N) is 2. The fourth-order valence-corrected chi connectivity index (χ4v) is 6.07. The Morgan fingerprint density at radius 3 is 2.75 bits per heavy atom. The van der Waals surface area contributed by atoms with Crippen LogP contribution in [0.4, 0.5) is 0 Å². The lowest BCUT2D eigenvalue weighted by molar-refractivity contribution is -0.126. The van der Waals surface area contributed by atoms with Crippen molar-refractivity contribution in [2.75, 3.05) is 13.1 Å². The molecular weight excluding hydrogens is 348 g/mol. The van der Waals surface area contributed by atoms with Crippen LogP contribution in [-0.2, 0) is 14.8 Å². The lowest BCUT2D eigenvalue weighted by Gasteiger charge is -2.33. The highest BCUT2D eigenvalue weighted by Gasteiger charge is 2.38. The van der Waals surface area contributed by atoms with Crippen LogP contribution >= 0.6 is 11.3 Å². The molecule has 2 aromatic rings. The van der Waals surface area contributed by atoms with Gasteiger partial charge in [-0.1, -0.05) is 6.92 Å². The molecule has 0 bridgehead atoms. The van der Waals surface area contributed by atoms with E-state index in [0.29, 0.717) is 24.4 Å². The zero-order chi connectivity index (χ0) is 17.5. The van der Waals surface area contributed by atoms with Crippen LogP contribution in [0.2, 0.25) is 0 Å². The monoisotopic (exact) mass is 368 g/mol. The molecule has 1 unspecified atom stereocenters. The van der Waals surface area contributed by atoms with E-state index in [0.717, 1.165) is 16.3 Å². The molecule has 1 amide bonds.